The summed E-state index contributed by atoms with van der Waals surface area (Å²) in [6.45, 7) is 16.0. The van der Waals surface area contributed by atoms with Crippen LogP contribution in [0.25, 0.3) is 0 Å². The van der Waals surface area contributed by atoms with Gasteiger partial charge in [0.15, 0.2) is 5.71 Å². The summed E-state index contributed by atoms with van der Waals surface area (Å²) in [6.07, 6.45) is 8.71. The number of rotatable bonds is 8. The average molecular weight is 721 g/mol. The van der Waals surface area contributed by atoms with Gasteiger partial charge in [-0.25, -0.2) is 4.58 Å². The number of hydrogen-bond acceptors (Lipinski definition) is 4. The van der Waals surface area contributed by atoms with E-state index in [0.29, 0.717) is 0 Å². The van der Waals surface area contributed by atoms with Gasteiger partial charge in [-0.05, 0) is 72.8 Å². The SMILES string of the molecule is C.CC.CC.CC.CC.CN(C)c1ccc(N(c2ccc(N(C)C)cc2)c2ccc([N+](=C3C=CC(=[N+](C)C)C=C3)c3ccc(N(C)C)cc3)cc2)cc1. The molecule has 0 radical (unpaired) electrons. The van der Waals surface area contributed by atoms with Crippen LogP contribution in [0.2, 0.25) is 0 Å². The molecule has 0 unspecified atom stereocenters. The third-order valence-electron chi connectivity index (χ3n) is 7.86. The molecule has 4 aromatic carbocycles. The molecule has 0 saturated heterocycles. The Kier molecular flexibility index (Phi) is 22.6. The standard InChI is InChI=1S/C38H44N6.4C2H6.CH4/c1-39(2)29-9-17-33(18-10-29)43(34-19-11-30(12-20-34)40(3)4)37-25-27-38(28-26-37)44(35-21-13-31(14-22-35)41(5)6)36-23-15-32(16-24-36)42(7)8;4*1-2;/h9-28H,1-8H3;4*1-2H3;1H4/q+2;;;;;. The van der Waals surface area contributed by atoms with Crippen LogP contribution in [0.5, 0.6) is 0 Å². The molecule has 53 heavy (non-hydrogen) atoms. The number of nitrogens with zero attached hydrogens (tertiary/aromatic N) is 6. The summed E-state index contributed by atoms with van der Waals surface area (Å²) >= 11 is 0. The molecule has 0 saturated carbocycles. The highest BCUT2D eigenvalue weighted by Gasteiger charge is 2.22. The Morgan fingerprint density at radius 1 is 0.340 bits per heavy atom. The van der Waals surface area contributed by atoms with E-state index >= 15 is 0 Å². The van der Waals surface area contributed by atoms with E-state index in [1.165, 1.54) is 22.8 Å². The van der Waals surface area contributed by atoms with Gasteiger partial charge in [-0.2, -0.15) is 4.58 Å². The smallest absolute Gasteiger partial charge is 0.212 e. The zero-order valence-electron chi connectivity index (χ0n) is 35.2. The highest BCUT2D eigenvalue weighted by molar-refractivity contribution is 6.18. The Hall–Kier alpha value is -5.10. The van der Waals surface area contributed by atoms with E-state index in [1.54, 1.807) is 0 Å². The number of hydrogen-bond donors (Lipinski definition) is 0. The molecule has 1 aliphatic carbocycles. The summed E-state index contributed by atoms with van der Waals surface area (Å²) in [6, 6.07) is 35.0. The summed E-state index contributed by atoms with van der Waals surface area (Å²) in [7, 11) is 16.6. The first-order valence-electron chi connectivity index (χ1n) is 18.9. The second-order valence-corrected chi connectivity index (χ2v) is 11.8. The van der Waals surface area contributed by atoms with Crippen molar-refractivity contribution in [2.45, 2.75) is 62.8 Å². The third-order valence-corrected chi connectivity index (χ3v) is 7.86. The van der Waals surface area contributed by atoms with Crippen molar-refractivity contribution in [1.29, 1.82) is 0 Å². The van der Waals surface area contributed by atoms with Crippen LogP contribution in [-0.2, 0) is 0 Å². The lowest BCUT2D eigenvalue weighted by Gasteiger charge is -2.27. The Bertz CT molecular complexity index is 1630. The predicted octanol–water partition coefficient (Wildman–Crippen LogP) is 12.2. The van der Waals surface area contributed by atoms with Gasteiger partial charge in [0.05, 0.1) is 0 Å². The molecule has 0 fully saturated rings. The summed E-state index contributed by atoms with van der Waals surface area (Å²) in [5.74, 6) is 0. The summed E-state index contributed by atoms with van der Waals surface area (Å²) < 4.78 is 4.43. The fourth-order valence-corrected chi connectivity index (χ4v) is 5.24. The Labute approximate surface area is 325 Å². The fourth-order valence-electron chi connectivity index (χ4n) is 5.24. The maximum Gasteiger partial charge on any atom is 0.212 e. The zero-order valence-corrected chi connectivity index (χ0v) is 35.2. The van der Waals surface area contributed by atoms with Crippen LogP contribution in [0, 0.1) is 0 Å². The summed E-state index contributed by atoms with van der Waals surface area (Å²) in [5, 5.41) is 0. The van der Waals surface area contributed by atoms with Gasteiger partial charge in [-0.1, -0.05) is 62.8 Å². The minimum absolute atomic E-state index is 0. The lowest BCUT2D eigenvalue weighted by atomic mass is 10.1. The normalized spacial score (nSPS) is 10.6. The molecule has 0 heterocycles. The van der Waals surface area contributed by atoms with Crippen molar-refractivity contribution in [1.82, 2.24) is 4.58 Å². The Morgan fingerprint density at radius 3 is 0.830 bits per heavy atom. The average Bonchev–Trinajstić information content (AvgIpc) is 3.19. The number of anilines is 6. The molecule has 288 valence electrons. The van der Waals surface area contributed by atoms with Crippen LogP contribution in [0.15, 0.2) is 121 Å². The molecule has 6 heteroatoms. The maximum absolute atomic E-state index is 2.31. The second-order valence-electron chi connectivity index (χ2n) is 11.8. The molecule has 0 amide bonds. The van der Waals surface area contributed by atoms with E-state index < -0.39 is 0 Å². The molecule has 5 rings (SSSR count). The van der Waals surface area contributed by atoms with E-state index in [-0.39, 0.29) is 7.43 Å². The maximum atomic E-state index is 2.31. The highest BCUT2D eigenvalue weighted by Crippen LogP contribution is 2.37. The Balaban J connectivity index is 0.00000281. The van der Waals surface area contributed by atoms with Gasteiger partial charge in [-0.3, -0.25) is 0 Å². The molecular formula is C47H72N6+2. The summed E-state index contributed by atoms with van der Waals surface area (Å²) in [5.41, 5.74) is 11.3. The van der Waals surface area contributed by atoms with Crippen LogP contribution in [0.3, 0.4) is 0 Å². The number of benzene rings is 4. The zero-order chi connectivity index (χ0) is 39.4. The second kappa shape index (κ2) is 25.0. The van der Waals surface area contributed by atoms with E-state index in [0.717, 1.165) is 34.1 Å². The minimum Gasteiger partial charge on any atom is -0.378 e. The third kappa shape index (κ3) is 13.1. The van der Waals surface area contributed by atoms with Crippen LogP contribution in [0.4, 0.5) is 45.5 Å². The van der Waals surface area contributed by atoms with E-state index in [9.17, 15) is 0 Å². The lowest BCUT2D eigenvalue weighted by molar-refractivity contribution is -0.462. The molecule has 0 aliphatic heterocycles. The molecule has 6 nitrogen and oxygen atoms in total. The van der Waals surface area contributed by atoms with Gasteiger partial charge in [0.2, 0.25) is 17.1 Å². The van der Waals surface area contributed by atoms with Crippen LogP contribution < -0.4 is 24.2 Å². The van der Waals surface area contributed by atoms with Crippen LogP contribution in [0.1, 0.15) is 62.8 Å². The van der Waals surface area contributed by atoms with Gasteiger partial charge in [0.1, 0.15) is 14.1 Å². The first-order chi connectivity index (χ1) is 25.1. The molecule has 0 atom stereocenters. The minimum atomic E-state index is 0. The summed E-state index contributed by atoms with van der Waals surface area (Å²) in [4.78, 5) is 8.68. The molecule has 0 N–H and O–H groups in total. The Morgan fingerprint density at radius 2 is 0.566 bits per heavy atom. The number of allylic oxidation sites excluding steroid dienone is 4. The van der Waals surface area contributed by atoms with E-state index in [4.69, 9.17) is 0 Å². The van der Waals surface area contributed by atoms with E-state index in [2.05, 4.69) is 206 Å². The van der Waals surface area contributed by atoms with Gasteiger partial charge in [0, 0.05) is 125 Å². The lowest BCUT2D eigenvalue weighted by Crippen LogP contribution is -2.19. The van der Waals surface area contributed by atoms with Crippen molar-refractivity contribution in [3.05, 3.63) is 121 Å². The molecular weight excluding hydrogens is 649 g/mol. The fraction of sp³-hybridized carbons (Fsp3) is 0.362. The van der Waals surface area contributed by atoms with Gasteiger partial charge < -0.3 is 19.6 Å². The van der Waals surface area contributed by atoms with Crippen LogP contribution >= 0.6 is 0 Å². The van der Waals surface area contributed by atoms with Gasteiger partial charge >= 0.3 is 0 Å². The molecule has 0 aromatic heterocycles. The quantitative estimate of drug-likeness (QED) is 0.133. The molecule has 4 aromatic rings. The van der Waals surface area contributed by atoms with Crippen molar-refractivity contribution in [3.63, 3.8) is 0 Å². The van der Waals surface area contributed by atoms with Gasteiger partial charge in [0.25, 0.3) is 0 Å². The van der Waals surface area contributed by atoms with Crippen LogP contribution in [-0.4, -0.2) is 72.4 Å². The van der Waals surface area contributed by atoms with Crippen molar-refractivity contribution in [2.24, 2.45) is 0 Å². The van der Waals surface area contributed by atoms with Crippen molar-refractivity contribution in [2.75, 3.05) is 76.0 Å². The largest absolute Gasteiger partial charge is 0.378 e. The predicted molar refractivity (Wildman–Crippen MR) is 245 cm³/mol. The molecule has 0 spiro atoms. The molecule has 0 bridgehead atoms. The molecule has 1 aliphatic rings. The first kappa shape index (κ1) is 47.9. The topological polar surface area (TPSA) is 19.0 Å². The van der Waals surface area contributed by atoms with Gasteiger partial charge in [-0.15, -0.1) is 0 Å². The highest BCUT2D eigenvalue weighted by atomic mass is 15.1. The van der Waals surface area contributed by atoms with Crippen molar-refractivity contribution in [3.8, 4) is 0 Å². The van der Waals surface area contributed by atoms with Crippen molar-refractivity contribution < 1.29 is 4.58 Å². The first-order valence-corrected chi connectivity index (χ1v) is 18.9. The van der Waals surface area contributed by atoms with E-state index in [1.807, 2.05) is 55.4 Å². The monoisotopic (exact) mass is 721 g/mol. The van der Waals surface area contributed by atoms with Crippen molar-refractivity contribution >= 4 is 56.9 Å².